The summed E-state index contributed by atoms with van der Waals surface area (Å²) in [6.07, 6.45) is 103. The highest BCUT2D eigenvalue weighted by Gasteiger charge is 2.19. The molecule has 0 heterocycles. The number of carbonyl (C=O) groups is 3. The second kappa shape index (κ2) is 67.8. The first-order valence-corrected chi connectivity index (χ1v) is 32.4. The van der Waals surface area contributed by atoms with Crippen LogP contribution in [-0.4, -0.2) is 37.2 Å². The van der Waals surface area contributed by atoms with Crippen LogP contribution in [0.4, 0.5) is 0 Å². The number of rotatable bonds is 56. The van der Waals surface area contributed by atoms with Crippen molar-refractivity contribution in [2.24, 2.45) is 0 Å². The Labute approximate surface area is 503 Å². The topological polar surface area (TPSA) is 78.9 Å². The molecule has 0 fully saturated rings. The van der Waals surface area contributed by atoms with Gasteiger partial charge in [-0.05, 0) is 167 Å². The summed E-state index contributed by atoms with van der Waals surface area (Å²) in [5, 5.41) is 0. The quantitative estimate of drug-likeness (QED) is 0.0261. The van der Waals surface area contributed by atoms with Crippen molar-refractivity contribution in [2.75, 3.05) is 13.2 Å². The number of unbranched alkanes of at least 4 members (excludes halogenated alkanes) is 13. The summed E-state index contributed by atoms with van der Waals surface area (Å²) in [4.78, 5) is 38.2. The van der Waals surface area contributed by atoms with Crippen LogP contribution < -0.4 is 0 Å². The fraction of sp³-hybridized carbons (Fsp3) is 0.539. The van der Waals surface area contributed by atoms with Gasteiger partial charge in [0.15, 0.2) is 6.10 Å². The highest BCUT2D eigenvalue weighted by Crippen LogP contribution is 2.12. The molecule has 6 heteroatoms. The molecule has 0 radical (unpaired) electrons. The predicted molar refractivity (Wildman–Crippen MR) is 357 cm³/mol. The summed E-state index contributed by atoms with van der Waals surface area (Å²) in [5.41, 5.74) is 0. The van der Waals surface area contributed by atoms with Crippen LogP contribution >= 0.6 is 0 Å². The molecule has 0 aliphatic heterocycles. The molecule has 0 aliphatic rings. The minimum absolute atomic E-state index is 0.119. The molecule has 0 rings (SSSR count). The molecule has 1 atom stereocenters. The fourth-order valence-electron chi connectivity index (χ4n) is 8.02. The summed E-state index contributed by atoms with van der Waals surface area (Å²) in [5.74, 6) is -1.02. The van der Waals surface area contributed by atoms with Gasteiger partial charge in [0, 0.05) is 19.3 Å². The normalized spacial score (nSPS) is 13.5. The van der Waals surface area contributed by atoms with E-state index in [1.165, 1.54) is 32.1 Å². The van der Waals surface area contributed by atoms with Gasteiger partial charge >= 0.3 is 17.9 Å². The minimum atomic E-state index is -0.829. The van der Waals surface area contributed by atoms with E-state index in [-0.39, 0.29) is 44.0 Å². The van der Waals surface area contributed by atoms with E-state index in [2.05, 4.69) is 215 Å². The zero-order valence-electron chi connectivity index (χ0n) is 52.2. The third-order valence-corrected chi connectivity index (χ3v) is 12.8. The van der Waals surface area contributed by atoms with Crippen molar-refractivity contribution in [3.05, 3.63) is 194 Å². The van der Waals surface area contributed by atoms with Crippen molar-refractivity contribution >= 4 is 17.9 Å². The van der Waals surface area contributed by atoms with E-state index in [0.29, 0.717) is 19.3 Å². The van der Waals surface area contributed by atoms with Crippen LogP contribution in [0.15, 0.2) is 194 Å². The van der Waals surface area contributed by atoms with E-state index < -0.39 is 6.10 Å². The van der Waals surface area contributed by atoms with Crippen LogP contribution in [0.25, 0.3) is 0 Å². The van der Waals surface area contributed by atoms with E-state index in [4.69, 9.17) is 14.2 Å². The van der Waals surface area contributed by atoms with Gasteiger partial charge in [0.1, 0.15) is 13.2 Å². The van der Waals surface area contributed by atoms with Gasteiger partial charge in [-0.1, -0.05) is 254 Å². The van der Waals surface area contributed by atoms with Gasteiger partial charge in [-0.2, -0.15) is 0 Å². The molecule has 0 spiro atoms. The standard InChI is InChI=1S/C76H116O6/c1-4-7-10-13-16-19-22-25-27-29-31-32-33-34-35-36-37-38-39-40-41-42-43-44-46-47-49-51-54-57-60-63-66-69-75(78)81-72-73(71-80-74(77)68-65-62-59-56-53-24-21-18-15-12-9-6-3)82-76(79)70-67-64-61-58-55-52-50-48-45-30-28-26-23-20-17-14-11-8-5-2/h7-8,10-11,16-21,25-28,31-32,34-35,37-38,40-41,43-45,47-49,52,54-55,57,73H,4-6,9,12-15,22-24,29-30,33,36,39,42,46,50-51,53,56,58-72H2,1-3H3/b10-7-,11-8-,19-16-,20-17-,21-18-,27-25-,28-26-,32-31-,35-34-,38-37-,41-40-,44-43-,48-45-,49-47-,55-52-,57-54-. The molecule has 0 aliphatic carbocycles. The Bertz CT molecular complexity index is 1970. The Hall–Kier alpha value is -5.75. The largest absolute Gasteiger partial charge is 0.462 e. The van der Waals surface area contributed by atoms with Crippen LogP contribution in [0.5, 0.6) is 0 Å². The van der Waals surface area contributed by atoms with Gasteiger partial charge in [-0.3, -0.25) is 14.4 Å². The zero-order valence-corrected chi connectivity index (χ0v) is 52.2. The van der Waals surface area contributed by atoms with E-state index >= 15 is 0 Å². The third kappa shape index (κ3) is 65.1. The average molecular weight is 1130 g/mol. The molecule has 0 saturated heterocycles. The molecule has 1 unspecified atom stereocenters. The second-order valence-corrected chi connectivity index (χ2v) is 20.5. The molecule has 0 aromatic rings. The fourth-order valence-corrected chi connectivity index (χ4v) is 8.02. The summed E-state index contributed by atoms with van der Waals surface area (Å²) in [6.45, 7) is 6.30. The lowest BCUT2D eigenvalue weighted by Crippen LogP contribution is -2.30. The summed E-state index contributed by atoms with van der Waals surface area (Å²) in [6, 6.07) is 0. The van der Waals surface area contributed by atoms with Crippen molar-refractivity contribution in [1.29, 1.82) is 0 Å². The molecule has 0 aromatic carbocycles. The Kier molecular flexibility index (Phi) is 63.0. The summed E-state index contributed by atoms with van der Waals surface area (Å²) < 4.78 is 16.8. The van der Waals surface area contributed by atoms with Gasteiger partial charge < -0.3 is 14.2 Å². The monoisotopic (exact) mass is 1120 g/mol. The molecule has 456 valence electrons. The zero-order chi connectivity index (χ0) is 59.2. The van der Waals surface area contributed by atoms with Gasteiger partial charge in [0.2, 0.25) is 0 Å². The van der Waals surface area contributed by atoms with E-state index in [9.17, 15) is 14.4 Å². The highest BCUT2D eigenvalue weighted by molar-refractivity contribution is 5.71. The summed E-state index contributed by atoms with van der Waals surface area (Å²) in [7, 11) is 0. The molecular weight excluding hydrogens is 1010 g/mol. The first-order chi connectivity index (χ1) is 40.5. The van der Waals surface area contributed by atoms with Gasteiger partial charge in [-0.25, -0.2) is 0 Å². The lowest BCUT2D eigenvalue weighted by molar-refractivity contribution is -0.167. The van der Waals surface area contributed by atoms with Crippen molar-refractivity contribution in [1.82, 2.24) is 0 Å². The number of carbonyl (C=O) groups excluding carboxylic acids is 3. The molecular formula is C76H116O6. The number of esters is 3. The van der Waals surface area contributed by atoms with Gasteiger partial charge in [0.25, 0.3) is 0 Å². The minimum Gasteiger partial charge on any atom is -0.462 e. The molecule has 0 saturated carbocycles. The van der Waals surface area contributed by atoms with Gasteiger partial charge in [0.05, 0.1) is 0 Å². The van der Waals surface area contributed by atoms with Crippen molar-refractivity contribution < 1.29 is 28.6 Å². The smallest absolute Gasteiger partial charge is 0.306 e. The van der Waals surface area contributed by atoms with Crippen LogP contribution in [0, 0.1) is 0 Å². The van der Waals surface area contributed by atoms with Crippen molar-refractivity contribution in [2.45, 2.75) is 252 Å². The molecule has 0 aromatic heterocycles. The molecule has 0 bridgehead atoms. The van der Waals surface area contributed by atoms with Crippen LogP contribution in [-0.2, 0) is 28.6 Å². The molecule has 0 amide bonds. The predicted octanol–water partition coefficient (Wildman–Crippen LogP) is 22.6. The second-order valence-electron chi connectivity index (χ2n) is 20.5. The van der Waals surface area contributed by atoms with E-state index in [1.807, 2.05) is 0 Å². The van der Waals surface area contributed by atoms with Crippen molar-refractivity contribution in [3.8, 4) is 0 Å². The highest BCUT2D eigenvalue weighted by atomic mass is 16.6. The van der Waals surface area contributed by atoms with Crippen LogP contribution in [0.3, 0.4) is 0 Å². The SMILES string of the molecule is CC/C=C\C/C=C\C/C=C\C/C=C\C/C=C\C/C=C\C/C=C\C/C=C\C/C=C\C/C=C\CCCCC(=O)OCC(COC(=O)CCCCCCC/C=C\CCCCC)OC(=O)CCCCC/C=C\C/C=C\C/C=C\C/C=C\C/C=C\CC. The van der Waals surface area contributed by atoms with Crippen LogP contribution in [0.1, 0.15) is 245 Å². The maximum atomic E-state index is 12.9. The Balaban J connectivity index is 4.46. The number of hydrogen-bond donors (Lipinski definition) is 0. The molecule has 82 heavy (non-hydrogen) atoms. The maximum Gasteiger partial charge on any atom is 0.306 e. The van der Waals surface area contributed by atoms with E-state index in [1.54, 1.807) is 0 Å². The van der Waals surface area contributed by atoms with Gasteiger partial charge in [-0.15, -0.1) is 0 Å². The number of allylic oxidation sites excluding steroid dienone is 32. The lowest BCUT2D eigenvalue weighted by Gasteiger charge is -2.18. The lowest BCUT2D eigenvalue weighted by atomic mass is 10.1. The van der Waals surface area contributed by atoms with Crippen molar-refractivity contribution in [3.63, 3.8) is 0 Å². The number of ether oxygens (including phenoxy) is 3. The Morgan fingerprint density at radius 3 is 0.793 bits per heavy atom. The molecule has 6 nitrogen and oxygen atoms in total. The number of hydrogen-bond acceptors (Lipinski definition) is 6. The first kappa shape index (κ1) is 76.2. The van der Waals surface area contributed by atoms with E-state index in [0.717, 1.165) is 161 Å². The summed E-state index contributed by atoms with van der Waals surface area (Å²) >= 11 is 0. The maximum absolute atomic E-state index is 12.9. The first-order valence-electron chi connectivity index (χ1n) is 32.4. The molecule has 0 N–H and O–H groups in total. The average Bonchev–Trinajstić information content (AvgIpc) is 3.47. The Morgan fingerprint density at radius 2 is 0.476 bits per heavy atom. The van der Waals surface area contributed by atoms with Crippen LogP contribution in [0.2, 0.25) is 0 Å². The Morgan fingerprint density at radius 1 is 0.256 bits per heavy atom. The third-order valence-electron chi connectivity index (χ3n) is 12.8.